The topological polar surface area (TPSA) is 43.4 Å². The molecule has 26 heavy (non-hydrogen) atoms. The number of aromatic nitrogens is 1. The van der Waals surface area contributed by atoms with Gasteiger partial charge in [-0.15, -0.1) is 0 Å². The second kappa shape index (κ2) is 7.25. The highest BCUT2D eigenvalue weighted by Gasteiger charge is 2.38. The first-order valence-electron chi connectivity index (χ1n) is 7.55. The van der Waals surface area contributed by atoms with Crippen molar-refractivity contribution in [2.45, 2.75) is 6.18 Å². The molecule has 0 saturated heterocycles. The first-order valence-corrected chi connectivity index (χ1v) is 8.36. The molecular weight excluding hydrogens is 365 g/mol. The number of thiazole rings is 1. The highest BCUT2D eigenvalue weighted by Crippen LogP contribution is 2.43. The molecule has 3 rings (SSSR count). The van der Waals surface area contributed by atoms with E-state index in [4.69, 9.17) is 9.47 Å². The van der Waals surface area contributed by atoms with Gasteiger partial charge in [0, 0.05) is 6.07 Å². The minimum atomic E-state index is -4.55. The number of hydrogen-bond donors (Lipinski definition) is 1. The molecule has 0 bridgehead atoms. The zero-order valence-corrected chi connectivity index (χ0v) is 14.7. The van der Waals surface area contributed by atoms with Crippen molar-refractivity contribution in [1.82, 2.24) is 4.98 Å². The summed E-state index contributed by atoms with van der Waals surface area (Å²) in [4.78, 5) is 3.83. The fourth-order valence-corrected chi connectivity index (χ4v) is 3.37. The summed E-state index contributed by atoms with van der Waals surface area (Å²) in [5, 5.41) is 3.03. The Hall–Kier alpha value is -2.74. The fourth-order valence-electron chi connectivity index (χ4n) is 2.37. The second-order valence-corrected chi connectivity index (χ2v) is 6.25. The number of nitrogens with one attached hydrogen (secondary N) is 1. The van der Waals surface area contributed by atoms with Crippen molar-refractivity contribution in [3.8, 4) is 21.9 Å². The molecule has 2 aromatic carbocycles. The molecule has 0 amide bonds. The lowest BCUT2D eigenvalue weighted by atomic mass is 10.1. The Labute approximate surface area is 152 Å². The highest BCUT2D eigenvalue weighted by molar-refractivity contribution is 7.19. The van der Waals surface area contributed by atoms with Crippen LogP contribution in [0.25, 0.3) is 10.4 Å². The molecule has 0 aliphatic rings. The van der Waals surface area contributed by atoms with Crippen LogP contribution in [0.3, 0.4) is 0 Å². The predicted molar refractivity (Wildman–Crippen MR) is 95.4 cm³/mol. The number of halogens is 3. The van der Waals surface area contributed by atoms with Crippen LogP contribution >= 0.6 is 11.3 Å². The van der Waals surface area contributed by atoms with E-state index in [-0.39, 0.29) is 10.0 Å². The van der Waals surface area contributed by atoms with Gasteiger partial charge in [-0.2, -0.15) is 13.2 Å². The maximum atomic E-state index is 13.4. The third-order valence-electron chi connectivity index (χ3n) is 3.58. The molecule has 1 heterocycles. The second-order valence-electron chi connectivity index (χ2n) is 5.25. The van der Waals surface area contributed by atoms with Crippen molar-refractivity contribution in [1.29, 1.82) is 0 Å². The maximum absolute atomic E-state index is 13.4. The SMILES string of the molecule is COc1ccc(Nc2nc(C(F)(F)F)c(-c3ccccc3)s2)c(OC)c1. The molecule has 0 aliphatic carbocycles. The van der Waals surface area contributed by atoms with Crippen LogP contribution in [-0.4, -0.2) is 19.2 Å². The Kier molecular flexibility index (Phi) is 5.03. The molecule has 0 atom stereocenters. The number of anilines is 2. The van der Waals surface area contributed by atoms with E-state index in [1.165, 1.54) is 14.2 Å². The highest BCUT2D eigenvalue weighted by atomic mass is 32.1. The molecule has 0 fully saturated rings. The first kappa shape index (κ1) is 18.1. The van der Waals surface area contributed by atoms with Gasteiger partial charge in [-0.05, 0) is 17.7 Å². The normalized spacial score (nSPS) is 11.3. The van der Waals surface area contributed by atoms with E-state index >= 15 is 0 Å². The Balaban J connectivity index is 2.01. The molecule has 0 aliphatic heterocycles. The fraction of sp³-hybridized carbons (Fsp3) is 0.167. The minimum Gasteiger partial charge on any atom is -0.497 e. The Morgan fingerprint density at radius 2 is 1.73 bits per heavy atom. The van der Waals surface area contributed by atoms with Gasteiger partial charge >= 0.3 is 6.18 Å². The molecule has 1 N–H and O–H groups in total. The lowest BCUT2D eigenvalue weighted by Crippen LogP contribution is -2.07. The van der Waals surface area contributed by atoms with Crippen molar-refractivity contribution in [2.75, 3.05) is 19.5 Å². The minimum absolute atomic E-state index is 0.0630. The number of alkyl halides is 3. The summed E-state index contributed by atoms with van der Waals surface area (Å²) in [6.07, 6.45) is -4.55. The maximum Gasteiger partial charge on any atom is 0.434 e. The van der Waals surface area contributed by atoms with Gasteiger partial charge in [-0.1, -0.05) is 41.7 Å². The van der Waals surface area contributed by atoms with Crippen LogP contribution < -0.4 is 14.8 Å². The van der Waals surface area contributed by atoms with E-state index in [1.807, 2.05) is 0 Å². The summed E-state index contributed by atoms with van der Waals surface area (Å²) < 4.78 is 50.6. The Morgan fingerprint density at radius 1 is 1.00 bits per heavy atom. The molecular formula is C18H15F3N2O2S. The zero-order chi connectivity index (χ0) is 18.7. The van der Waals surface area contributed by atoms with Gasteiger partial charge in [0.15, 0.2) is 10.8 Å². The summed E-state index contributed by atoms with van der Waals surface area (Å²) in [6.45, 7) is 0. The number of methoxy groups -OCH3 is 2. The predicted octanol–water partition coefficient (Wildman–Crippen LogP) is 5.59. The van der Waals surface area contributed by atoms with E-state index in [1.54, 1.807) is 48.5 Å². The molecule has 0 radical (unpaired) electrons. The largest absolute Gasteiger partial charge is 0.497 e. The monoisotopic (exact) mass is 380 g/mol. The van der Waals surface area contributed by atoms with Crippen LogP contribution in [0.15, 0.2) is 48.5 Å². The number of ether oxygens (including phenoxy) is 2. The third-order valence-corrected chi connectivity index (χ3v) is 4.60. The molecule has 0 spiro atoms. The molecule has 0 unspecified atom stereocenters. The van der Waals surface area contributed by atoms with Crippen molar-refractivity contribution >= 4 is 22.2 Å². The average Bonchev–Trinajstić information content (AvgIpc) is 3.07. The van der Waals surface area contributed by atoms with Gasteiger partial charge in [-0.3, -0.25) is 0 Å². The molecule has 3 aromatic rings. The zero-order valence-electron chi connectivity index (χ0n) is 13.9. The standard InChI is InChI=1S/C18H15F3N2O2S/c1-24-12-8-9-13(14(10-12)25-2)22-17-23-16(18(19,20)21)15(26-17)11-6-4-3-5-7-11/h3-10H,1-2H3,(H,22,23). The summed E-state index contributed by atoms with van der Waals surface area (Å²) in [7, 11) is 2.99. The number of rotatable bonds is 5. The van der Waals surface area contributed by atoms with Crippen LogP contribution in [0.1, 0.15) is 5.69 Å². The van der Waals surface area contributed by atoms with Crippen LogP contribution in [0.2, 0.25) is 0 Å². The smallest absolute Gasteiger partial charge is 0.434 e. The Bertz CT molecular complexity index is 895. The van der Waals surface area contributed by atoms with Crippen molar-refractivity contribution in [2.24, 2.45) is 0 Å². The third kappa shape index (κ3) is 3.75. The average molecular weight is 380 g/mol. The van der Waals surface area contributed by atoms with Crippen molar-refractivity contribution in [3.05, 3.63) is 54.2 Å². The van der Waals surface area contributed by atoms with Gasteiger partial charge < -0.3 is 14.8 Å². The van der Waals surface area contributed by atoms with Gasteiger partial charge in [0.2, 0.25) is 0 Å². The van der Waals surface area contributed by atoms with Crippen molar-refractivity contribution in [3.63, 3.8) is 0 Å². The van der Waals surface area contributed by atoms with Crippen LogP contribution in [-0.2, 0) is 6.18 Å². The number of nitrogens with zero attached hydrogens (tertiary/aromatic N) is 1. The molecule has 1 aromatic heterocycles. The van der Waals surface area contributed by atoms with Crippen molar-refractivity contribution < 1.29 is 22.6 Å². The van der Waals surface area contributed by atoms with Gasteiger partial charge in [-0.25, -0.2) is 4.98 Å². The van der Waals surface area contributed by atoms with E-state index in [2.05, 4.69) is 10.3 Å². The summed E-state index contributed by atoms with van der Waals surface area (Å²) in [5.74, 6) is 1.02. The summed E-state index contributed by atoms with van der Waals surface area (Å²) in [5.41, 5.74) is 0.0473. The quantitative estimate of drug-likeness (QED) is 0.627. The van der Waals surface area contributed by atoms with Gasteiger partial charge in [0.25, 0.3) is 0 Å². The van der Waals surface area contributed by atoms with E-state index < -0.39 is 11.9 Å². The van der Waals surface area contributed by atoms with Crippen LogP contribution in [0, 0.1) is 0 Å². The first-order chi connectivity index (χ1) is 12.4. The van der Waals surface area contributed by atoms with Gasteiger partial charge in [0.05, 0.1) is 24.8 Å². The lowest BCUT2D eigenvalue weighted by Gasteiger charge is -2.10. The lowest BCUT2D eigenvalue weighted by molar-refractivity contribution is -0.140. The Morgan fingerprint density at radius 3 is 2.35 bits per heavy atom. The van der Waals surface area contributed by atoms with Crippen LogP contribution in [0.4, 0.5) is 24.0 Å². The molecule has 8 heteroatoms. The van der Waals surface area contributed by atoms with E-state index in [0.29, 0.717) is 22.7 Å². The molecule has 0 saturated carbocycles. The van der Waals surface area contributed by atoms with Crippen LogP contribution in [0.5, 0.6) is 11.5 Å². The number of hydrogen-bond acceptors (Lipinski definition) is 5. The molecule has 136 valence electrons. The summed E-state index contributed by atoms with van der Waals surface area (Å²) in [6, 6.07) is 13.4. The van der Waals surface area contributed by atoms with E-state index in [0.717, 1.165) is 11.3 Å². The molecule has 4 nitrogen and oxygen atoms in total. The van der Waals surface area contributed by atoms with E-state index in [9.17, 15) is 13.2 Å². The summed E-state index contributed by atoms with van der Waals surface area (Å²) >= 11 is 0.934. The van der Waals surface area contributed by atoms with Gasteiger partial charge in [0.1, 0.15) is 11.5 Å². The number of benzene rings is 2.